The van der Waals surface area contributed by atoms with Crippen LogP contribution in [0.5, 0.6) is 0 Å². The molecule has 1 saturated heterocycles. The van der Waals surface area contributed by atoms with Crippen molar-refractivity contribution in [3.05, 3.63) is 36.2 Å². The van der Waals surface area contributed by atoms with Crippen molar-refractivity contribution in [2.75, 3.05) is 26.3 Å². The van der Waals surface area contributed by atoms with E-state index >= 15 is 0 Å². The van der Waals surface area contributed by atoms with E-state index in [-0.39, 0.29) is 5.54 Å². The van der Waals surface area contributed by atoms with E-state index in [0.29, 0.717) is 0 Å². The lowest BCUT2D eigenvalue weighted by atomic mass is 10.0. The van der Waals surface area contributed by atoms with E-state index in [1.165, 1.54) is 0 Å². The predicted molar refractivity (Wildman–Crippen MR) is 74.6 cm³/mol. The number of nitrogens with zero attached hydrogens (tertiary/aromatic N) is 5. The van der Waals surface area contributed by atoms with Crippen LogP contribution < -0.4 is 0 Å². The first kappa shape index (κ1) is 13.2. The Morgan fingerprint density at radius 2 is 1.80 bits per heavy atom. The van der Waals surface area contributed by atoms with E-state index in [2.05, 4.69) is 34.3 Å². The molecule has 0 unspecified atom stereocenters. The van der Waals surface area contributed by atoms with Gasteiger partial charge in [0.2, 0.25) is 0 Å². The van der Waals surface area contributed by atoms with Crippen molar-refractivity contribution < 1.29 is 4.74 Å². The molecule has 6 heteroatoms. The number of benzene rings is 1. The van der Waals surface area contributed by atoms with E-state index in [9.17, 15) is 0 Å². The van der Waals surface area contributed by atoms with Crippen LogP contribution in [0, 0.1) is 0 Å². The van der Waals surface area contributed by atoms with Gasteiger partial charge in [-0.2, -0.15) is 4.68 Å². The van der Waals surface area contributed by atoms with Crippen LogP contribution in [0.4, 0.5) is 0 Å². The van der Waals surface area contributed by atoms with Crippen molar-refractivity contribution in [3.8, 4) is 5.69 Å². The molecule has 0 radical (unpaired) electrons. The third-order valence-corrected chi connectivity index (χ3v) is 3.82. The van der Waals surface area contributed by atoms with Gasteiger partial charge in [-0.05, 0) is 36.4 Å². The number of tetrazole rings is 1. The van der Waals surface area contributed by atoms with Crippen LogP contribution >= 0.6 is 0 Å². The fourth-order valence-corrected chi connectivity index (χ4v) is 2.58. The Morgan fingerprint density at radius 1 is 1.10 bits per heavy atom. The Labute approximate surface area is 118 Å². The maximum atomic E-state index is 5.43. The Morgan fingerprint density at radius 3 is 2.50 bits per heavy atom. The minimum Gasteiger partial charge on any atom is -0.379 e. The predicted octanol–water partition coefficient (Wildman–Crippen LogP) is 1.23. The lowest BCUT2D eigenvalue weighted by Crippen LogP contribution is -2.49. The Bertz CT molecular complexity index is 560. The molecule has 0 spiro atoms. The Kier molecular flexibility index (Phi) is 3.50. The number of ether oxygens (including phenoxy) is 1. The molecular weight excluding hydrogens is 254 g/mol. The SMILES string of the molecule is CC(C)(c1nnnn1-c1ccccc1)N1CCOCC1. The second-order valence-corrected chi connectivity index (χ2v) is 5.41. The average Bonchev–Trinajstić information content (AvgIpc) is 2.99. The summed E-state index contributed by atoms with van der Waals surface area (Å²) in [5.74, 6) is 0.852. The van der Waals surface area contributed by atoms with Crippen molar-refractivity contribution in [1.29, 1.82) is 0 Å². The van der Waals surface area contributed by atoms with Crippen molar-refractivity contribution in [3.63, 3.8) is 0 Å². The highest BCUT2D eigenvalue weighted by molar-refractivity contribution is 5.31. The first-order valence-corrected chi connectivity index (χ1v) is 6.86. The average molecular weight is 273 g/mol. The molecule has 6 nitrogen and oxygen atoms in total. The van der Waals surface area contributed by atoms with Crippen LogP contribution in [0.2, 0.25) is 0 Å². The van der Waals surface area contributed by atoms with Gasteiger partial charge in [0.15, 0.2) is 5.82 Å². The minimum absolute atomic E-state index is 0.233. The van der Waals surface area contributed by atoms with Crippen LogP contribution in [-0.4, -0.2) is 51.4 Å². The molecule has 0 saturated carbocycles. The van der Waals surface area contributed by atoms with Crippen LogP contribution in [0.15, 0.2) is 30.3 Å². The van der Waals surface area contributed by atoms with Gasteiger partial charge < -0.3 is 4.74 Å². The molecule has 3 rings (SSSR count). The molecule has 2 heterocycles. The van der Waals surface area contributed by atoms with Crippen LogP contribution in [0.1, 0.15) is 19.7 Å². The second kappa shape index (κ2) is 5.30. The number of morpholine rings is 1. The normalized spacial score (nSPS) is 17.3. The van der Waals surface area contributed by atoms with Crippen molar-refractivity contribution in [1.82, 2.24) is 25.1 Å². The van der Waals surface area contributed by atoms with E-state index in [1.807, 2.05) is 35.0 Å². The summed E-state index contributed by atoms with van der Waals surface area (Å²) < 4.78 is 7.24. The topological polar surface area (TPSA) is 56.1 Å². The van der Waals surface area contributed by atoms with Crippen LogP contribution in [0.3, 0.4) is 0 Å². The molecule has 1 fully saturated rings. The molecule has 1 aromatic heterocycles. The molecule has 106 valence electrons. The number of hydrogen-bond acceptors (Lipinski definition) is 5. The maximum absolute atomic E-state index is 5.43. The molecule has 1 aliphatic rings. The molecule has 0 N–H and O–H groups in total. The number of hydrogen-bond donors (Lipinski definition) is 0. The number of rotatable bonds is 3. The van der Waals surface area contributed by atoms with E-state index in [0.717, 1.165) is 37.8 Å². The summed E-state index contributed by atoms with van der Waals surface area (Å²) in [7, 11) is 0. The van der Waals surface area contributed by atoms with Gasteiger partial charge in [-0.1, -0.05) is 18.2 Å². The molecular formula is C14H19N5O. The summed E-state index contributed by atoms with van der Waals surface area (Å²) in [6.45, 7) is 7.63. The first-order chi connectivity index (χ1) is 9.69. The summed E-state index contributed by atoms with van der Waals surface area (Å²) >= 11 is 0. The molecule has 0 aliphatic carbocycles. The summed E-state index contributed by atoms with van der Waals surface area (Å²) in [4.78, 5) is 2.36. The zero-order valence-electron chi connectivity index (χ0n) is 11.9. The zero-order valence-corrected chi connectivity index (χ0v) is 11.9. The van der Waals surface area contributed by atoms with Gasteiger partial charge in [-0.25, -0.2) is 0 Å². The fraction of sp³-hybridized carbons (Fsp3) is 0.500. The third kappa shape index (κ3) is 2.32. The molecule has 1 aromatic carbocycles. The highest BCUT2D eigenvalue weighted by atomic mass is 16.5. The lowest BCUT2D eigenvalue weighted by molar-refractivity contribution is -0.0155. The van der Waals surface area contributed by atoms with E-state index in [4.69, 9.17) is 4.74 Å². The van der Waals surface area contributed by atoms with Crippen molar-refractivity contribution >= 4 is 0 Å². The molecule has 20 heavy (non-hydrogen) atoms. The largest absolute Gasteiger partial charge is 0.379 e. The Hall–Kier alpha value is -1.79. The van der Waals surface area contributed by atoms with Crippen LogP contribution in [-0.2, 0) is 10.3 Å². The second-order valence-electron chi connectivity index (χ2n) is 5.41. The molecule has 0 bridgehead atoms. The van der Waals surface area contributed by atoms with Gasteiger partial charge in [0, 0.05) is 13.1 Å². The molecule has 0 atom stereocenters. The summed E-state index contributed by atoms with van der Waals surface area (Å²) in [6.07, 6.45) is 0. The maximum Gasteiger partial charge on any atom is 0.176 e. The van der Waals surface area contributed by atoms with Gasteiger partial charge in [0.25, 0.3) is 0 Å². The standard InChI is InChI=1S/C14H19N5O/c1-14(2,18-8-10-20-11-9-18)13-15-16-17-19(13)12-6-4-3-5-7-12/h3-7H,8-11H2,1-2H3. The molecule has 0 amide bonds. The van der Waals surface area contributed by atoms with Crippen LogP contribution in [0.25, 0.3) is 5.69 Å². The summed E-state index contributed by atoms with van der Waals surface area (Å²) in [5, 5.41) is 12.3. The zero-order chi connectivity index (χ0) is 14.0. The first-order valence-electron chi connectivity index (χ1n) is 6.86. The molecule has 1 aliphatic heterocycles. The Balaban J connectivity index is 1.96. The summed E-state index contributed by atoms with van der Waals surface area (Å²) in [5.41, 5.74) is 0.747. The van der Waals surface area contributed by atoms with E-state index < -0.39 is 0 Å². The van der Waals surface area contributed by atoms with Gasteiger partial charge in [-0.15, -0.1) is 5.10 Å². The van der Waals surface area contributed by atoms with Crippen molar-refractivity contribution in [2.24, 2.45) is 0 Å². The quantitative estimate of drug-likeness (QED) is 0.842. The summed E-state index contributed by atoms with van der Waals surface area (Å²) in [6, 6.07) is 9.98. The van der Waals surface area contributed by atoms with E-state index in [1.54, 1.807) is 0 Å². The number of aromatic nitrogens is 4. The van der Waals surface area contributed by atoms with Gasteiger partial charge in [-0.3, -0.25) is 4.90 Å². The third-order valence-electron chi connectivity index (χ3n) is 3.82. The highest BCUT2D eigenvalue weighted by Gasteiger charge is 2.35. The van der Waals surface area contributed by atoms with Gasteiger partial charge in [0.05, 0.1) is 24.4 Å². The number of para-hydroxylation sites is 1. The van der Waals surface area contributed by atoms with Gasteiger partial charge >= 0.3 is 0 Å². The fourth-order valence-electron chi connectivity index (χ4n) is 2.58. The van der Waals surface area contributed by atoms with Crippen molar-refractivity contribution in [2.45, 2.75) is 19.4 Å². The van der Waals surface area contributed by atoms with Gasteiger partial charge in [0.1, 0.15) is 0 Å². The minimum atomic E-state index is -0.233. The monoisotopic (exact) mass is 273 g/mol. The lowest BCUT2D eigenvalue weighted by Gasteiger charge is -2.39. The smallest absolute Gasteiger partial charge is 0.176 e. The highest BCUT2D eigenvalue weighted by Crippen LogP contribution is 2.27. The molecule has 2 aromatic rings.